The topological polar surface area (TPSA) is 0 Å². The molecule has 12 aromatic carbocycles. The van der Waals surface area contributed by atoms with E-state index in [1.807, 2.05) is 12.2 Å². The van der Waals surface area contributed by atoms with Crippen molar-refractivity contribution in [3.05, 3.63) is 373 Å². The zero-order chi connectivity index (χ0) is 63.6. The van der Waals surface area contributed by atoms with E-state index < -0.39 is 16.1 Å². The first-order valence-corrected chi connectivity index (χ1v) is 37.7. The minimum absolute atomic E-state index is 0. The zero-order valence-corrected chi connectivity index (χ0v) is 60.7. The number of fused-ring (bicyclic) bond motifs is 3. The third-order valence-electron chi connectivity index (χ3n) is 18.2. The number of benzene rings is 12. The van der Waals surface area contributed by atoms with Gasteiger partial charge in [0.15, 0.2) is 16.1 Å². The van der Waals surface area contributed by atoms with Crippen LogP contribution in [0, 0.1) is 12.1 Å². The summed E-state index contributed by atoms with van der Waals surface area (Å²) in [6.45, 7) is 14.3. The molecule has 0 N–H and O–H groups in total. The van der Waals surface area contributed by atoms with Gasteiger partial charge in [-0.2, -0.15) is 6.08 Å². The molecular weight excluding hydrogens is 1290 g/mol. The quantitative estimate of drug-likeness (QED) is 0.0579. The normalized spacial score (nSPS) is 12.2. The van der Waals surface area contributed by atoms with Gasteiger partial charge in [0, 0.05) is 0 Å². The van der Waals surface area contributed by atoms with Gasteiger partial charge in [-0.05, 0) is 75.8 Å². The van der Waals surface area contributed by atoms with Crippen molar-refractivity contribution in [1.82, 2.24) is 0 Å². The van der Waals surface area contributed by atoms with E-state index in [-0.39, 0.29) is 35.6 Å². The molecule has 0 unspecified atom stereocenters. The van der Waals surface area contributed by atoms with E-state index in [0.717, 1.165) is 25.7 Å². The Kier molecular flexibility index (Phi) is 22.6. The van der Waals surface area contributed by atoms with Crippen LogP contribution in [0.15, 0.2) is 328 Å². The summed E-state index contributed by atoms with van der Waals surface area (Å²) in [7, 11) is -5.75. The second-order valence-electron chi connectivity index (χ2n) is 26.4. The molecule has 0 saturated carbocycles. The molecule has 0 amide bonds. The number of hydrogen-bond donors (Lipinski definition) is 0. The van der Waals surface area contributed by atoms with E-state index in [4.69, 9.17) is 0 Å². The second kappa shape index (κ2) is 31.0. The maximum absolute atomic E-state index is 4.28. The molecule has 0 saturated heterocycles. The fourth-order valence-corrected chi connectivity index (χ4v) is 25.0. The summed E-state index contributed by atoms with van der Waals surface area (Å²) >= 11 is 1.55. The van der Waals surface area contributed by atoms with Crippen LogP contribution in [0.5, 0.6) is 0 Å². The first kappa shape index (κ1) is 68.7. The van der Waals surface area contributed by atoms with Crippen molar-refractivity contribution in [3.63, 3.8) is 0 Å². The van der Waals surface area contributed by atoms with Gasteiger partial charge in [-0.3, -0.25) is 6.08 Å². The summed E-state index contributed by atoms with van der Waals surface area (Å²) in [5.74, 6) is 0. The molecule has 0 aromatic heterocycles. The summed E-state index contributed by atoms with van der Waals surface area (Å²) < 4.78 is 1.60. The molecule has 0 bridgehead atoms. The zero-order valence-electron chi connectivity index (χ0n) is 54.8. The van der Waals surface area contributed by atoms with Gasteiger partial charge >= 0.3 is 112 Å². The van der Waals surface area contributed by atoms with Crippen molar-refractivity contribution in [2.45, 2.75) is 78.1 Å². The number of halogens is 2. The van der Waals surface area contributed by atoms with Crippen molar-refractivity contribution in [2.75, 3.05) is 0 Å². The Morgan fingerprint density at radius 2 is 0.713 bits per heavy atom. The van der Waals surface area contributed by atoms with Crippen molar-refractivity contribution >= 4 is 60.8 Å². The Labute approximate surface area is 589 Å². The van der Waals surface area contributed by atoms with E-state index in [0.29, 0.717) is 0 Å². The van der Waals surface area contributed by atoms with Gasteiger partial charge in [0.05, 0.1) is 0 Å². The number of rotatable bonds is 14. The van der Waals surface area contributed by atoms with E-state index in [1.165, 1.54) is 108 Å². The predicted molar refractivity (Wildman–Crippen MR) is 396 cm³/mol. The third-order valence-corrected chi connectivity index (χ3v) is 28.8. The molecule has 0 nitrogen and oxygen atoms in total. The Morgan fingerprint density at radius 3 is 1.06 bits per heavy atom. The van der Waals surface area contributed by atoms with Crippen LogP contribution in [0.1, 0.15) is 81.3 Å². The molecule has 14 rings (SSSR count). The molecule has 0 atom stereocenters. The average Bonchev–Trinajstić information content (AvgIpc) is 1.10. The third kappa shape index (κ3) is 14.6. The van der Waals surface area contributed by atoms with E-state index in [2.05, 4.69) is 369 Å². The second-order valence-corrected chi connectivity index (χ2v) is 35.7. The van der Waals surface area contributed by atoms with Gasteiger partial charge in [-0.15, -0.1) is 35.2 Å². The molecule has 0 fully saturated rings. The number of hydrogen-bond acceptors (Lipinski definition) is 0. The fraction of sp³-hybridized carbons (Fsp3) is 0.135. The molecule has 2 aliphatic rings. The van der Waals surface area contributed by atoms with Crippen LogP contribution in [0.2, 0.25) is 0 Å². The minimum atomic E-state index is -2.88. The van der Waals surface area contributed by atoms with Gasteiger partial charge in [0.2, 0.25) is 0 Å². The van der Waals surface area contributed by atoms with Gasteiger partial charge in [-0.1, -0.05) is 306 Å². The van der Waals surface area contributed by atoms with Gasteiger partial charge in [-0.25, -0.2) is 12.2 Å². The SMILES string of the molecule is CC(C)(C)c1cc2c([c-]c1-c1ccccc1[Si](c1ccccc1)(c1ccccc1)c1ccccc1)Cc1cc(-c3ccccc3[Si](c3ccccc3)(c3ccccc3)c3ccccc3)c(C(C)(C)C)cc1-2.[C-]1=CC=CC1.[Cl-].[Cl-].[Zr+2]=[C](Cc1ccccc1)Cc1ccccc1. The van der Waals surface area contributed by atoms with Gasteiger partial charge < -0.3 is 24.8 Å². The Balaban J connectivity index is 0.000000355. The summed E-state index contributed by atoms with van der Waals surface area (Å²) in [6.07, 6.45) is 13.1. The molecule has 0 heterocycles. The molecule has 5 heteroatoms. The Morgan fingerprint density at radius 1 is 0.372 bits per heavy atom. The molecule has 464 valence electrons. The van der Waals surface area contributed by atoms with Crippen LogP contribution >= 0.6 is 0 Å². The van der Waals surface area contributed by atoms with Crippen molar-refractivity contribution in [1.29, 1.82) is 0 Å². The first-order chi connectivity index (χ1) is 44.8. The molecular formula is C89H80Cl2Si2Zr-2. The van der Waals surface area contributed by atoms with Crippen LogP contribution in [0.4, 0.5) is 0 Å². The Bertz CT molecular complexity index is 4020. The molecule has 2 aliphatic carbocycles. The van der Waals surface area contributed by atoms with Crippen LogP contribution in [-0.4, -0.2) is 19.4 Å². The standard InChI is InChI=1S/C69H61Si2.C15H14.C5H5.2ClH.Zr/c1-68(2,3)64-48-60-50(46-62(64)58-41-25-27-43-66(58)70(52-29-13-7-14-30-52,53-31-15-8-16-32-53)54-33-17-9-18-34-54)45-51-47-63(65(49-61(51)60)69(4,5)6)59-42-26-28-44-67(59)71(55-35-19-10-20-36-55,56-37-21-11-22-38-56)57-39-23-12-24-40-57;1-3-8-14(9-4-1)12-7-13-15-10-5-2-6-11-15;1-2-4-5-3-1;;;/h7-44,46,48-49H,45H2,1-6H3;1-6,8-11H,12-13H2;1-3H,4H2;2*1H;/q-1;;-1;;;+2/p-2. The van der Waals surface area contributed by atoms with E-state index in [1.54, 1.807) is 27.4 Å². The molecule has 0 radical (unpaired) electrons. The summed E-state index contributed by atoms with van der Waals surface area (Å²) in [5, 5.41) is 11.1. The summed E-state index contributed by atoms with van der Waals surface area (Å²) in [5.41, 5.74) is 15.6. The van der Waals surface area contributed by atoms with Crippen molar-refractivity contribution in [2.24, 2.45) is 0 Å². The maximum atomic E-state index is 4.28. The van der Waals surface area contributed by atoms with Crippen LogP contribution < -0.4 is 66.3 Å². The molecule has 12 aromatic rings. The van der Waals surface area contributed by atoms with Crippen molar-refractivity contribution < 1.29 is 49.0 Å². The molecule has 0 aliphatic heterocycles. The number of allylic oxidation sites excluding steroid dienone is 4. The summed E-state index contributed by atoms with van der Waals surface area (Å²) in [4.78, 5) is 0. The van der Waals surface area contributed by atoms with Crippen molar-refractivity contribution in [3.8, 4) is 33.4 Å². The van der Waals surface area contributed by atoms with Crippen LogP contribution in [0.25, 0.3) is 33.4 Å². The molecule has 94 heavy (non-hydrogen) atoms. The average molecular weight is 1370 g/mol. The Hall–Kier alpha value is -8.11. The first-order valence-electron chi connectivity index (χ1n) is 32.5. The van der Waals surface area contributed by atoms with E-state index in [9.17, 15) is 0 Å². The molecule has 0 spiro atoms. The predicted octanol–water partition coefficient (Wildman–Crippen LogP) is 10.2. The van der Waals surface area contributed by atoms with Gasteiger partial charge in [0.1, 0.15) is 0 Å². The van der Waals surface area contributed by atoms with Gasteiger partial charge in [0.25, 0.3) is 0 Å². The van der Waals surface area contributed by atoms with E-state index >= 15 is 0 Å². The summed E-state index contributed by atoms with van der Waals surface area (Å²) in [6, 6.07) is 120. The fourth-order valence-electron chi connectivity index (χ4n) is 14.1. The van der Waals surface area contributed by atoms with Crippen LogP contribution in [0.3, 0.4) is 0 Å². The monoisotopic (exact) mass is 1360 g/mol. The van der Waals surface area contributed by atoms with Crippen LogP contribution in [-0.2, 0) is 54.3 Å².